The normalized spacial score (nSPS) is 21.3. The molecule has 0 aromatic carbocycles. The molecule has 2 fully saturated rings. The third-order valence-corrected chi connectivity index (χ3v) is 4.97. The first-order chi connectivity index (χ1) is 13.9. The molecule has 1 atom stereocenters. The summed E-state index contributed by atoms with van der Waals surface area (Å²) in [5.41, 5.74) is -0.444. The molecule has 2 N–H and O–H groups in total. The second-order valence-electron chi connectivity index (χ2n) is 8.77. The Morgan fingerprint density at radius 3 is 2.59 bits per heavy atom. The van der Waals surface area contributed by atoms with E-state index in [1.165, 1.54) is 0 Å². The smallest absolute Gasteiger partial charge is 0.410 e. The molecule has 0 bridgehead atoms. The third-order valence-electron chi connectivity index (χ3n) is 4.97. The molecule has 0 aromatic heterocycles. The van der Waals surface area contributed by atoms with Gasteiger partial charge in [0, 0.05) is 45.9 Å². The van der Waals surface area contributed by atoms with Crippen molar-refractivity contribution < 1.29 is 19.0 Å². The fourth-order valence-electron chi connectivity index (χ4n) is 3.36. The fourth-order valence-corrected chi connectivity index (χ4v) is 3.36. The van der Waals surface area contributed by atoms with Crippen molar-refractivity contribution in [2.45, 2.75) is 65.1 Å². The minimum Gasteiger partial charge on any atom is -0.444 e. The molecule has 2 rings (SSSR count). The fraction of sp³-hybridized carbons (Fsp3) is 0.905. The largest absolute Gasteiger partial charge is 0.444 e. The highest BCUT2D eigenvalue weighted by Gasteiger charge is 2.26. The van der Waals surface area contributed by atoms with Gasteiger partial charge in [-0.1, -0.05) is 0 Å². The van der Waals surface area contributed by atoms with Crippen LogP contribution < -0.4 is 10.6 Å². The number of ether oxygens (including phenoxy) is 3. The average molecular weight is 413 g/mol. The lowest BCUT2D eigenvalue weighted by molar-refractivity contribution is 0.0187. The highest BCUT2D eigenvalue weighted by atomic mass is 16.6. The number of hydrogen-bond donors (Lipinski definition) is 2. The Kier molecular flexibility index (Phi) is 10.0. The first kappa shape index (κ1) is 23.7. The van der Waals surface area contributed by atoms with Crippen molar-refractivity contribution in [1.29, 1.82) is 0 Å². The summed E-state index contributed by atoms with van der Waals surface area (Å²) >= 11 is 0. The number of hydrogen-bond acceptors (Lipinski definition) is 5. The van der Waals surface area contributed by atoms with Crippen LogP contribution in [-0.2, 0) is 14.2 Å². The van der Waals surface area contributed by atoms with Crippen LogP contribution in [0.2, 0.25) is 0 Å². The first-order valence-corrected chi connectivity index (χ1v) is 11.1. The van der Waals surface area contributed by atoms with Gasteiger partial charge in [-0.15, -0.1) is 0 Å². The predicted octanol–water partition coefficient (Wildman–Crippen LogP) is 2.38. The molecule has 0 aliphatic carbocycles. The Labute approximate surface area is 175 Å². The van der Waals surface area contributed by atoms with Gasteiger partial charge in [0.25, 0.3) is 0 Å². The van der Waals surface area contributed by atoms with Crippen molar-refractivity contribution in [1.82, 2.24) is 15.5 Å². The van der Waals surface area contributed by atoms with Crippen molar-refractivity contribution in [2.75, 3.05) is 52.5 Å². The predicted molar refractivity (Wildman–Crippen MR) is 114 cm³/mol. The number of likely N-dealkylation sites (tertiary alicyclic amines) is 1. The summed E-state index contributed by atoms with van der Waals surface area (Å²) in [6.07, 6.45) is 3.92. The quantitative estimate of drug-likeness (QED) is 0.362. The van der Waals surface area contributed by atoms with Crippen LogP contribution >= 0.6 is 0 Å². The third kappa shape index (κ3) is 9.67. The summed E-state index contributed by atoms with van der Waals surface area (Å²) < 4.78 is 16.6. The lowest BCUT2D eigenvalue weighted by Crippen LogP contribution is -2.42. The summed E-state index contributed by atoms with van der Waals surface area (Å²) in [5, 5.41) is 6.68. The molecule has 2 aliphatic heterocycles. The minimum atomic E-state index is -0.444. The number of carbonyl (C=O) groups is 1. The zero-order valence-corrected chi connectivity index (χ0v) is 18.7. The molecular weight excluding hydrogens is 372 g/mol. The van der Waals surface area contributed by atoms with Gasteiger partial charge in [-0.25, -0.2) is 4.79 Å². The summed E-state index contributed by atoms with van der Waals surface area (Å²) in [6.45, 7) is 14.0. The number of rotatable bonds is 8. The standard InChI is InChI=1S/C21H40N4O4/c1-5-22-19(23-10-6-13-28-18-9-14-27-16-18)24-15-17-7-11-25(12-8-17)20(26)29-21(2,3)4/h17-18H,5-16H2,1-4H3,(H2,22,23,24). The van der Waals surface area contributed by atoms with Crippen molar-refractivity contribution in [3.8, 4) is 0 Å². The Morgan fingerprint density at radius 1 is 1.21 bits per heavy atom. The van der Waals surface area contributed by atoms with Gasteiger partial charge in [0.2, 0.25) is 0 Å². The van der Waals surface area contributed by atoms with Crippen LogP contribution in [0.4, 0.5) is 4.79 Å². The van der Waals surface area contributed by atoms with Crippen LogP contribution in [0, 0.1) is 5.92 Å². The first-order valence-electron chi connectivity index (χ1n) is 11.1. The van der Waals surface area contributed by atoms with E-state index in [1.807, 2.05) is 25.7 Å². The molecule has 8 heteroatoms. The maximum Gasteiger partial charge on any atom is 0.410 e. The lowest BCUT2D eigenvalue weighted by Gasteiger charge is -2.33. The average Bonchev–Trinajstić information content (AvgIpc) is 3.18. The molecule has 0 saturated carbocycles. The van der Waals surface area contributed by atoms with Crippen LogP contribution in [0.3, 0.4) is 0 Å². The van der Waals surface area contributed by atoms with E-state index in [-0.39, 0.29) is 12.2 Å². The van der Waals surface area contributed by atoms with Crippen molar-refractivity contribution >= 4 is 12.1 Å². The van der Waals surface area contributed by atoms with Crippen molar-refractivity contribution in [2.24, 2.45) is 10.9 Å². The van der Waals surface area contributed by atoms with Crippen molar-refractivity contribution in [3.05, 3.63) is 0 Å². The summed E-state index contributed by atoms with van der Waals surface area (Å²) in [7, 11) is 0. The van der Waals surface area contributed by atoms with Gasteiger partial charge in [-0.3, -0.25) is 4.99 Å². The zero-order valence-electron chi connectivity index (χ0n) is 18.7. The maximum atomic E-state index is 12.2. The molecule has 168 valence electrons. The lowest BCUT2D eigenvalue weighted by atomic mass is 9.97. The van der Waals surface area contributed by atoms with Crippen LogP contribution in [0.1, 0.15) is 53.4 Å². The molecule has 29 heavy (non-hydrogen) atoms. The molecule has 8 nitrogen and oxygen atoms in total. The zero-order chi connectivity index (χ0) is 21.1. The van der Waals surface area contributed by atoms with Gasteiger partial charge >= 0.3 is 6.09 Å². The van der Waals surface area contributed by atoms with Gasteiger partial charge < -0.3 is 29.7 Å². The van der Waals surface area contributed by atoms with Crippen LogP contribution in [0.15, 0.2) is 4.99 Å². The van der Waals surface area contributed by atoms with Crippen molar-refractivity contribution in [3.63, 3.8) is 0 Å². The van der Waals surface area contributed by atoms with Crippen LogP contribution in [0.5, 0.6) is 0 Å². The number of aliphatic imine (C=N–C) groups is 1. The molecule has 1 amide bonds. The number of amides is 1. The Bertz CT molecular complexity index is 507. The van der Waals surface area contributed by atoms with E-state index in [1.54, 1.807) is 0 Å². The Balaban J connectivity index is 1.64. The Morgan fingerprint density at radius 2 is 1.97 bits per heavy atom. The molecule has 2 heterocycles. The molecular formula is C21H40N4O4. The van der Waals surface area contributed by atoms with Crippen LogP contribution in [-0.4, -0.2) is 81.2 Å². The van der Waals surface area contributed by atoms with E-state index in [2.05, 4.69) is 17.6 Å². The van der Waals surface area contributed by atoms with Crippen LogP contribution in [0.25, 0.3) is 0 Å². The molecule has 1 unspecified atom stereocenters. The minimum absolute atomic E-state index is 0.208. The van der Waals surface area contributed by atoms with E-state index in [4.69, 9.17) is 19.2 Å². The van der Waals surface area contributed by atoms with E-state index in [0.29, 0.717) is 5.92 Å². The number of nitrogens with one attached hydrogen (secondary N) is 2. The second-order valence-corrected chi connectivity index (χ2v) is 8.77. The van der Waals surface area contributed by atoms with Gasteiger partial charge in [-0.2, -0.15) is 0 Å². The summed E-state index contributed by atoms with van der Waals surface area (Å²) in [6, 6.07) is 0. The van der Waals surface area contributed by atoms with Gasteiger partial charge in [0.1, 0.15) is 5.60 Å². The molecule has 0 aromatic rings. The van der Waals surface area contributed by atoms with E-state index in [9.17, 15) is 4.79 Å². The van der Waals surface area contributed by atoms with Gasteiger partial charge in [0.15, 0.2) is 5.96 Å². The second kappa shape index (κ2) is 12.2. The molecule has 2 saturated heterocycles. The number of piperidine rings is 1. The van der Waals surface area contributed by atoms with E-state index in [0.717, 1.165) is 84.2 Å². The molecule has 0 spiro atoms. The summed E-state index contributed by atoms with van der Waals surface area (Å²) in [4.78, 5) is 18.7. The number of nitrogens with zero attached hydrogens (tertiary/aromatic N) is 2. The number of guanidine groups is 1. The highest BCUT2D eigenvalue weighted by Crippen LogP contribution is 2.20. The van der Waals surface area contributed by atoms with E-state index < -0.39 is 5.60 Å². The highest BCUT2D eigenvalue weighted by molar-refractivity contribution is 5.79. The maximum absolute atomic E-state index is 12.2. The SMILES string of the molecule is CCNC(=NCC1CCN(C(=O)OC(C)(C)C)CC1)NCCCOC1CCOC1. The molecule has 2 aliphatic rings. The number of carbonyl (C=O) groups excluding carboxylic acids is 1. The molecule has 0 radical (unpaired) electrons. The monoisotopic (exact) mass is 412 g/mol. The summed E-state index contributed by atoms with van der Waals surface area (Å²) in [5.74, 6) is 1.35. The topological polar surface area (TPSA) is 84.4 Å². The van der Waals surface area contributed by atoms with E-state index >= 15 is 0 Å². The van der Waals surface area contributed by atoms with Gasteiger partial charge in [0.05, 0.1) is 12.7 Å². The van der Waals surface area contributed by atoms with Gasteiger partial charge in [-0.05, 0) is 59.3 Å². The Hall–Kier alpha value is -1.54.